The van der Waals surface area contributed by atoms with Crippen molar-refractivity contribution >= 4 is 17.7 Å². The van der Waals surface area contributed by atoms with Gasteiger partial charge in [-0.05, 0) is 32.7 Å². The molecule has 2 rings (SSSR count). The maximum Gasteiger partial charge on any atom is 0.311 e. The lowest BCUT2D eigenvalue weighted by atomic mass is 10.3. The number of carbonyl (C=O) groups excluding carboxylic acids is 3. The summed E-state index contributed by atoms with van der Waals surface area (Å²) in [4.78, 5) is 37.1. The molecule has 1 heterocycles. The lowest BCUT2D eigenvalue weighted by molar-refractivity contribution is -0.146. The topological polar surface area (TPSA) is 90.5 Å². The zero-order valence-corrected chi connectivity index (χ0v) is 11.8. The molecule has 0 aromatic carbocycles. The lowest BCUT2D eigenvalue weighted by Crippen LogP contribution is -2.51. The van der Waals surface area contributed by atoms with Crippen molar-refractivity contribution in [2.24, 2.45) is 0 Å². The smallest absolute Gasteiger partial charge is 0.311 e. The van der Waals surface area contributed by atoms with Crippen molar-refractivity contribution < 1.29 is 14.4 Å². The molecule has 1 saturated carbocycles. The third kappa shape index (κ3) is 4.19. The summed E-state index contributed by atoms with van der Waals surface area (Å²) in [5.41, 5.74) is 0. The lowest BCUT2D eigenvalue weighted by Gasteiger charge is -2.20. The summed E-state index contributed by atoms with van der Waals surface area (Å²) in [6.45, 7) is 4.23. The third-order valence-corrected chi connectivity index (χ3v) is 3.49. The number of hydrogen-bond donors (Lipinski definition) is 3. The Morgan fingerprint density at radius 2 is 1.95 bits per heavy atom. The molecule has 20 heavy (non-hydrogen) atoms. The van der Waals surface area contributed by atoms with Crippen LogP contribution in [-0.4, -0.2) is 60.9 Å². The molecule has 2 aliphatic rings. The van der Waals surface area contributed by atoms with Gasteiger partial charge in [0.15, 0.2) is 0 Å². The van der Waals surface area contributed by atoms with Crippen LogP contribution in [0, 0.1) is 0 Å². The minimum Gasteiger partial charge on any atom is -0.352 e. The van der Waals surface area contributed by atoms with E-state index in [4.69, 9.17) is 0 Å². The summed E-state index contributed by atoms with van der Waals surface area (Å²) in [5, 5.41) is 8.44. The van der Waals surface area contributed by atoms with E-state index in [1.807, 2.05) is 0 Å². The van der Waals surface area contributed by atoms with E-state index in [9.17, 15) is 14.4 Å². The molecular formula is C13H22N4O3. The normalized spacial score (nSPS) is 20.8. The fourth-order valence-corrected chi connectivity index (χ4v) is 2.07. The number of nitrogens with zero attached hydrogens (tertiary/aromatic N) is 1. The van der Waals surface area contributed by atoms with Gasteiger partial charge in [-0.25, -0.2) is 0 Å². The average Bonchev–Trinajstić information content (AvgIpc) is 3.23. The van der Waals surface area contributed by atoms with Crippen LogP contribution in [0.3, 0.4) is 0 Å². The van der Waals surface area contributed by atoms with Crippen LogP contribution in [0.25, 0.3) is 0 Å². The number of rotatable bonds is 3. The highest BCUT2D eigenvalue weighted by Crippen LogP contribution is 2.18. The van der Waals surface area contributed by atoms with Crippen LogP contribution in [0.1, 0.15) is 26.2 Å². The molecule has 1 aliphatic heterocycles. The fraction of sp³-hybridized carbons (Fsp3) is 0.769. The summed E-state index contributed by atoms with van der Waals surface area (Å²) in [5.74, 6) is -1.49. The largest absolute Gasteiger partial charge is 0.352 e. The molecule has 3 amide bonds. The first-order valence-electron chi connectivity index (χ1n) is 7.19. The first-order valence-corrected chi connectivity index (χ1v) is 7.19. The van der Waals surface area contributed by atoms with Gasteiger partial charge in [0.1, 0.15) is 6.04 Å². The number of amides is 3. The monoisotopic (exact) mass is 282 g/mol. The zero-order valence-electron chi connectivity index (χ0n) is 11.8. The van der Waals surface area contributed by atoms with Crippen LogP contribution >= 0.6 is 0 Å². The van der Waals surface area contributed by atoms with E-state index >= 15 is 0 Å². The van der Waals surface area contributed by atoms with Crippen molar-refractivity contribution in [3.05, 3.63) is 0 Å². The van der Waals surface area contributed by atoms with Crippen molar-refractivity contribution in [2.75, 3.05) is 26.2 Å². The quantitative estimate of drug-likeness (QED) is 0.555. The Bertz CT molecular complexity index is 387. The van der Waals surface area contributed by atoms with Crippen molar-refractivity contribution in [1.29, 1.82) is 0 Å². The molecule has 0 radical (unpaired) electrons. The molecule has 3 N–H and O–H groups in total. The molecule has 0 aromatic rings. The van der Waals surface area contributed by atoms with Gasteiger partial charge in [0.25, 0.3) is 0 Å². The van der Waals surface area contributed by atoms with Gasteiger partial charge in [-0.3, -0.25) is 14.4 Å². The molecule has 1 saturated heterocycles. The Morgan fingerprint density at radius 3 is 2.65 bits per heavy atom. The SMILES string of the molecule is CC(NC(=O)C(=O)N1CCCNCC1)C(=O)NC1CC1. The average molecular weight is 282 g/mol. The Morgan fingerprint density at radius 1 is 1.20 bits per heavy atom. The standard InChI is InChI=1S/C13H22N4O3/c1-9(11(18)16-10-3-4-10)15-12(19)13(20)17-7-2-5-14-6-8-17/h9-10,14H,2-8H2,1H3,(H,15,19)(H,16,18). The second-order valence-electron chi connectivity index (χ2n) is 5.37. The van der Waals surface area contributed by atoms with E-state index in [0.29, 0.717) is 19.6 Å². The van der Waals surface area contributed by atoms with Crippen LogP contribution in [0.5, 0.6) is 0 Å². The van der Waals surface area contributed by atoms with Crippen LogP contribution in [0.15, 0.2) is 0 Å². The van der Waals surface area contributed by atoms with Gasteiger partial charge in [-0.15, -0.1) is 0 Å². The van der Waals surface area contributed by atoms with Gasteiger partial charge >= 0.3 is 11.8 Å². The molecule has 0 spiro atoms. The van der Waals surface area contributed by atoms with E-state index in [0.717, 1.165) is 25.8 Å². The van der Waals surface area contributed by atoms with E-state index < -0.39 is 17.9 Å². The molecule has 0 bridgehead atoms. The predicted molar refractivity (Wildman–Crippen MR) is 72.8 cm³/mol. The second-order valence-corrected chi connectivity index (χ2v) is 5.37. The van der Waals surface area contributed by atoms with Crippen LogP contribution in [-0.2, 0) is 14.4 Å². The highest BCUT2D eigenvalue weighted by Gasteiger charge is 2.28. The van der Waals surface area contributed by atoms with Gasteiger partial charge in [-0.2, -0.15) is 0 Å². The van der Waals surface area contributed by atoms with Crippen LogP contribution < -0.4 is 16.0 Å². The van der Waals surface area contributed by atoms with Gasteiger partial charge in [-0.1, -0.05) is 0 Å². The molecule has 1 atom stereocenters. The maximum atomic E-state index is 12.0. The van der Waals surface area contributed by atoms with Crippen molar-refractivity contribution in [3.63, 3.8) is 0 Å². The molecule has 7 heteroatoms. The summed E-state index contributed by atoms with van der Waals surface area (Å²) in [7, 11) is 0. The second kappa shape index (κ2) is 6.69. The molecule has 0 aromatic heterocycles. The summed E-state index contributed by atoms with van der Waals surface area (Å²) in [6.07, 6.45) is 2.81. The molecular weight excluding hydrogens is 260 g/mol. The summed E-state index contributed by atoms with van der Waals surface area (Å²) < 4.78 is 0. The Kier molecular flexibility index (Phi) is 4.94. The molecule has 1 aliphatic carbocycles. The van der Waals surface area contributed by atoms with Gasteiger partial charge in [0.2, 0.25) is 5.91 Å². The van der Waals surface area contributed by atoms with E-state index in [-0.39, 0.29) is 11.9 Å². The van der Waals surface area contributed by atoms with E-state index in [1.54, 1.807) is 6.92 Å². The predicted octanol–water partition coefficient (Wildman–Crippen LogP) is -1.41. The number of hydrogen-bond acceptors (Lipinski definition) is 4. The van der Waals surface area contributed by atoms with Crippen molar-refractivity contribution in [1.82, 2.24) is 20.9 Å². The zero-order chi connectivity index (χ0) is 14.5. The molecule has 1 unspecified atom stereocenters. The Balaban J connectivity index is 1.79. The van der Waals surface area contributed by atoms with Crippen LogP contribution in [0.2, 0.25) is 0 Å². The van der Waals surface area contributed by atoms with Crippen molar-refractivity contribution in [3.8, 4) is 0 Å². The maximum absolute atomic E-state index is 12.0. The van der Waals surface area contributed by atoms with E-state index in [2.05, 4.69) is 16.0 Å². The van der Waals surface area contributed by atoms with Crippen molar-refractivity contribution in [2.45, 2.75) is 38.3 Å². The summed E-state index contributed by atoms with van der Waals surface area (Å²) >= 11 is 0. The number of carbonyl (C=O) groups is 3. The molecule has 2 fully saturated rings. The minimum absolute atomic E-state index is 0.230. The number of nitrogens with one attached hydrogen (secondary N) is 3. The minimum atomic E-state index is -0.703. The molecule has 112 valence electrons. The van der Waals surface area contributed by atoms with Gasteiger partial charge in [0.05, 0.1) is 0 Å². The van der Waals surface area contributed by atoms with Gasteiger partial charge in [0, 0.05) is 25.7 Å². The molecule has 7 nitrogen and oxygen atoms in total. The van der Waals surface area contributed by atoms with Crippen LogP contribution in [0.4, 0.5) is 0 Å². The van der Waals surface area contributed by atoms with E-state index in [1.165, 1.54) is 4.90 Å². The first kappa shape index (κ1) is 14.8. The Labute approximate surface area is 118 Å². The Hall–Kier alpha value is -1.63. The fourth-order valence-electron chi connectivity index (χ4n) is 2.07. The van der Waals surface area contributed by atoms with Gasteiger partial charge < -0.3 is 20.9 Å². The first-order chi connectivity index (χ1) is 9.58. The highest BCUT2D eigenvalue weighted by atomic mass is 16.2. The third-order valence-electron chi connectivity index (χ3n) is 3.49. The summed E-state index contributed by atoms with van der Waals surface area (Å²) in [6, 6.07) is -0.439. The highest BCUT2D eigenvalue weighted by molar-refractivity contribution is 6.35.